The third kappa shape index (κ3) is 5.49. The second-order valence-electron chi connectivity index (χ2n) is 10.4. The lowest BCUT2D eigenvalue weighted by molar-refractivity contribution is -0.139. The summed E-state index contributed by atoms with van der Waals surface area (Å²) in [5.74, 6) is -0.0277. The van der Waals surface area contributed by atoms with E-state index in [2.05, 4.69) is 0 Å². The van der Waals surface area contributed by atoms with Crippen LogP contribution in [-0.2, 0) is 9.53 Å². The zero-order chi connectivity index (χ0) is 31.7. The lowest BCUT2D eigenvalue weighted by atomic mass is 9.90. The van der Waals surface area contributed by atoms with E-state index in [4.69, 9.17) is 18.9 Å². The van der Waals surface area contributed by atoms with E-state index in [-0.39, 0.29) is 17.7 Å². The molecule has 45 heavy (non-hydrogen) atoms. The van der Waals surface area contributed by atoms with Gasteiger partial charge in [0.1, 0.15) is 23.3 Å². The second-order valence-corrected chi connectivity index (χ2v) is 11.4. The molecule has 2 aromatic heterocycles. The highest BCUT2D eigenvalue weighted by Crippen LogP contribution is 2.41. The SMILES string of the molecule is CCCC1=C(C(=O)OCC)C(c2c(OC)ccc3ccccc23)n2c(s/c(=C/c3ccc(-c4ccc(C(=O)O)cc4)o3)c2=O)=N1. The summed E-state index contributed by atoms with van der Waals surface area (Å²) >= 11 is 1.22. The third-order valence-electron chi connectivity index (χ3n) is 7.63. The summed E-state index contributed by atoms with van der Waals surface area (Å²) in [5.41, 5.74) is 2.12. The van der Waals surface area contributed by atoms with Crippen LogP contribution < -0.4 is 19.6 Å². The van der Waals surface area contributed by atoms with Crippen LogP contribution in [-0.4, -0.2) is 35.3 Å². The fraction of sp³-hybridized carbons (Fsp3) is 0.200. The van der Waals surface area contributed by atoms with Gasteiger partial charge in [0.05, 0.1) is 35.1 Å². The van der Waals surface area contributed by atoms with Crippen LogP contribution in [0.3, 0.4) is 0 Å². The van der Waals surface area contributed by atoms with Gasteiger partial charge in [-0.05, 0) is 54.4 Å². The normalized spacial score (nSPS) is 14.7. The molecule has 228 valence electrons. The van der Waals surface area contributed by atoms with Crippen molar-refractivity contribution in [3.63, 3.8) is 0 Å². The first-order chi connectivity index (χ1) is 21.8. The van der Waals surface area contributed by atoms with E-state index in [1.54, 1.807) is 48.9 Å². The average molecular weight is 623 g/mol. The van der Waals surface area contributed by atoms with Crippen molar-refractivity contribution in [1.82, 2.24) is 4.57 Å². The number of carbonyl (C=O) groups excluding carboxylic acids is 1. The lowest BCUT2D eigenvalue weighted by Crippen LogP contribution is -2.40. The largest absolute Gasteiger partial charge is 0.496 e. The Morgan fingerprint density at radius 3 is 2.53 bits per heavy atom. The summed E-state index contributed by atoms with van der Waals surface area (Å²) in [6, 6.07) is 20.6. The molecule has 0 bridgehead atoms. The minimum atomic E-state index is -1.01. The standard InChI is InChI=1S/C35H30N2O7S/c1-4-8-25-30(34(41)43-5-2)31(29-24-10-7-6-9-20(24)15-17-27(29)42-3)37-32(38)28(45-35(37)36-25)19-23-16-18-26(44-23)21-11-13-22(14-12-21)33(39)40/h6-7,9-19,31H,4-5,8H2,1-3H3,(H,39,40)/b28-19+. The molecule has 0 spiro atoms. The van der Waals surface area contributed by atoms with Crippen LogP contribution in [0, 0.1) is 0 Å². The summed E-state index contributed by atoms with van der Waals surface area (Å²) in [4.78, 5) is 44.5. The highest BCUT2D eigenvalue weighted by Gasteiger charge is 2.37. The molecular weight excluding hydrogens is 592 g/mol. The molecular formula is C35H30N2O7S. The first-order valence-corrected chi connectivity index (χ1v) is 15.4. The molecule has 1 atom stereocenters. The van der Waals surface area contributed by atoms with Gasteiger partial charge in [-0.3, -0.25) is 9.36 Å². The molecule has 0 aliphatic carbocycles. The smallest absolute Gasteiger partial charge is 0.338 e. The molecule has 6 rings (SSSR count). The Labute approximate surface area is 262 Å². The Balaban J connectivity index is 1.56. The number of aromatic carboxylic acids is 1. The van der Waals surface area contributed by atoms with E-state index in [1.165, 1.54) is 23.5 Å². The van der Waals surface area contributed by atoms with E-state index in [0.29, 0.717) is 55.4 Å². The van der Waals surface area contributed by atoms with Gasteiger partial charge in [0.2, 0.25) is 0 Å². The van der Waals surface area contributed by atoms with Crippen molar-refractivity contribution in [3.8, 4) is 17.1 Å². The zero-order valence-electron chi connectivity index (χ0n) is 24.9. The number of carboxylic acid groups (broad SMARTS) is 1. The van der Waals surface area contributed by atoms with Crippen LogP contribution in [0.5, 0.6) is 5.75 Å². The van der Waals surface area contributed by atoms with Gasteiger partial charge in [-0.2, -0.15) is 0 Å². The average Bonchev–Trinajstić information content (AvgIpc) is 3.64. The van der Waals surface area contributed by atoms with Crippen LogP contribution in [0.25, 0.3) is 28.2 Å². The number of hydrogen-bond donors (Lipinski definition) is 1. The maximum Gasteiger partial charge on any atom is 0.338 e. The molecule has 1 N–H and O–H groups in total. The van der Waals surface area contributed by atoms with Crippen LogP contribution in [0.1, 0.15) is 54.4 Å². The summed E-state index contributed by atoms with van der Waals surface area (Å²) < 4.78 is 19.4. The van der Waals surface area contributed by atoms with Gasteiger partial charge in [-0.1, -0.05) is 67.1 Å². The minimum absolute atomic E-state index is 0.172. The van der Waals surface area contributed by atoms with E-state index < -0.39 is 18.0 Å². The molecule has 0 saturated heterocycles. The molecule has 3 heterocycles. The monoisotopic (exact) mass is 622 g/mol. The van der Waals surface area contributed by atoms with E-state index >= 15 is 0 Å². The predicted molar refractivity (Wildman–Crippen MR) is 171 cm³/mol. The summed E-state index contributed by atoms with van der Waals surface area (Å²) in [5, 5.41) is 11.0. The number of furan rings is 1. The maximum absolute atomic E-state index is 14.3. The van der Waals surface area contributed by atoms with Crippen molar-refractivity contribution in [2.45, 2.75) is 32.7 Å². The third-order valence-corrected chi connectivity index (χ3v) is 8.62. The molecule has 3 aromatic carbocycles. The number of rotatable bonds is 9. The molecule has 0 radical (unpaired) electrons. The highest BCUT2D eigenvalue weighted by atomic mass is 32.1. The molecule has 1 unspecified atom stereocenters. The number of aromatic nitrogens is 1. The Kier molecular flexibility index (Phi) is 8.23. The number of allylic oxidation sites excluding steroid dienone is 1. The molecule has 0 amide bonds. The first-order valence-electron chi connectivity index (χ1n) is 14.6. The number of methoxy groups -OCH3 is 1. The number of thiazole rings is 1. The topological polar surface area (TPSA) is 120 Å². The lowest BCUT2D eigenvalue weighted by Gasteiger charge is -2.28. The Hall–Kier alpha value is -5.22. The number of benzene rings is 3. The molecule has 10 heteroatoms. The van der Waals surface area contributed by atoms with Crippen LogP contribution in [0.4, 0.5) is 0 Å². The van der Waals surface area contributed by atoms with E-state index in [0.717, 1.165) is 17.2 Å². The quantitative estimate of drug-likeness (QED) is 0.210. The van der Waals surface area contributed by atoms with Crippen LogP contribution >= 0.6 is 11.3 Å². The fourth-order valence-electron chi connectivity index (χ4n) is 5.62. The van der Waals surface area contributed by atoms with Gasteiger partial charge in [0.25, 0.3) is 5.56 Å². The van der Waals surface area contributed by atoms with Gasteiger partial charge in [0, 0.05) is 17.2 Å². The molecule has 0 saturated carbocycles. The Morgan fingerprint density at radius 2 is 1.82 bits per heavy atom. The number of esters is 1. The number of nitrogens with zero attached hydrogens (tertiary/aromatic N) is 2. The molecule has 5 aromatic rings. The van der Waals surface area contributed by atoms with Gasteiger partial charge in [-0.25, -0.2) is 14.6 Å². The van der Waals surface area contributed by atoms with Crippen molar-refractivity contribution >= 4 is 40.1 Å². The summed E-state index contributed by atoms with van der Waals surface area (Å²) in [6.07, 6.45) is 2.91. The fourth-order valence-corrected chi connectivity index (χ4v) is 6.62. The summed E-state index contributed by atoms with van der Waals surface area (Å²) in [6.45, 7) is 3.93. The number of carbonyl (C=O) groups is 2. The van der Waals surface area contributed by atoms with Gasteiger partial charge in [-0.15, -0.1) is 0 Å². The highest BCUT2D eigenvalue weighted by molar-refractivity contribution is 7.07. The van der Waals surface area contributed by atoms with Crippen molar-refractivity contribution in [2.75, 3.05) is 13.7 Å². The number of ether oxygens (including phenoxy) is 2. The van der Waals surface area contributed by atoms with Crippen LogP contribution in [0.15, 0.2) is 98.3 Å². The van der Waals surface area contributed by atoms with Crippen molar-refractivity contribution < 1.29 is 28.6 Å². The van der Waals surface area contributed by atoms with Crippen molar-refractivity contribution in [2.24, 2.45) is 4.99 Å². The molecule has 1 aliphatic rings. The predicted octanol–water partition coefficient (Wildman–Crippen LogP) is 5.70. The van der Waals surface area contributed by atoms with Gasteiger partial charge in [0.15, 0.2) is 4.80 Å². The second kappa shape index (κ2) is 12.4. The Morgan fingerprint density at radius 1 is 1.04 bits per heavy atom. The number of hydrogen-bond acceptors (Lipinski definition) is 8. The number of carboxylic acids is 1. The van der Waals surface area contributed by atoms with E-state index in [9.17, 15) is 19.5 Å². The Bertz CT molecular complexity index is 2150. The van der Waals surface area contributed by atoms with Crippen molar-refractivity contribution in [1.29, 1.82) is 0 Å². The van der Waals surface area contributed by atoms with Crippen LogP contribution in [0.2, 0.25) is 0 Å². The van der Waals surface area contributed by atoms with Crippen molar-refractivity contribution in [3.05, 3.63) is 121 Å². The van der Waals surface area contributed by atoms with Gasteiger partial charge >= 0.3 is 11.9 Å². The summed E-state index contributed by atoms with van der Waals surface area (Å²) in [7, 11) is 1.57. The number of fused-ring (bicyclic) bond motifs is 2. The first kappa shape index (κ1) is 29.8. The zero-order valence-corrected chi connectivity index (χ0v) is 25.7. The minimum Gasteiger partial charge on any atom is -0.496 e. The molecule has 1 aliphatic heterocycles. The molecule has 0 fully saturated rings. The maximum atomic E-state index is 14.3. The van der Waals surface area contributed by atoms with Gasteiger partial charge < -0.3 is 19.0 Å². The molecule has 9 nitrogen and oxygen atoms in total. The van der Waals surface area contributed by atoms with E-state index in [1.807, 2.05) is 43.3 Å².